The second kappa shape index (κ2) is 9.75. The zero-order valence-electron chi connectivity index (χ0n) is 14.4. The van der Waals surface area contributed by atoms with E-state index in [0.717, 1.165) is 11.5 Å². The van der Waals surface area contributed by atoms with Crippen molar-refractivity contribution in [3.8, 4) is 11.8 Å². The van der Waals surface area contributed by atoms with Gasteiger partial charge < -0.3 is 15.1 Å². The lowest BCUT2D eigenvalue weighted by atomic mass is 10.1. The number of aromatic hydroxyl groups is 2. The summed E-state index contributed by atoms with van der Waals surface area (Å²) in [6.45, 7) is 4.11. The lowest BCUT2D eigenvalue weighted by Gasteiger charge is -2.21. The van der Waals surface area contributed by atoms with Crippen LogP contribution >= 0.6 is 36.1 Å². The van der Waals surface area contributed by atoms with Crippen LogP contribution in [-0.4, -0.2) is 41.1 Å². The fourth-order valence-electron chi connectivity index (χ4n) is 2.14. The molecule has 0 amide bonds. The van der Waals surface area contributed by atoms with Crippen molar-refractivity contribution in [3.05, 3.63) is 47.5 Å². The summed E-state index contributed by atoms with van der Waals surface area (Å²) in [5, 5.41) is 19.3. The topological polar surface area (TPSA) is 74.9 Å². The van der Waals surface area contributed by atoms with Gasteiger partial charge in [-0.2, -0.15) is 0 Å². The van der Waals surface area contributed by atoms with Crippen molar-refractivity contribution in [3.63, 3.8) is 0 Å². The van der Waals surface area contributed by atoms with Crippen molar-refractivity contribution in [1.29, 1.82) is 0 Å². The van der Waals surface area contributed by atoms with Gasteiger partial charge in [-0.25, -0.2) is 4.79 Å². The lowest BCUT2D eigenvalue weighted by molar-refractivity contribution is 0.0380. The number of nitrogens with zero attached hydrogens (tertiary/aromatic N) is 2. The number of carbonyl (C=O) groups excluding carboxylic acids is 1. The molecule has 0 aliphatic rings. The van der Waals surface area contributed by atoms with Crippen LogP contribution in [-0.2, 0) is 6.42 Å². The maximum absolute atomic E-state index is 12.5. The van der Waals surface area contributed by atoms with Crippen LogP contribution in [0.4, 0.5) is 0 Å². The van der Waals surface area contributed by atoms with Gasteiger partial charge in [0.2, 0.25) is 11.8 Å². The normalized spacial score (nSPS) is 10.5. The van der Waals surface area contributed by atoms with E-state index < -0.39 is 5.97 Å². The summed E-state index contributed by atoms with van der Waals surface area (Å²) in [6, 6.07) is 9.43. The van der Waals surface area contributed by atoms with Gasteiger partial charge in [-0.3, -0.25) is 3.71 Å². The molecule has 2 aromatic rings. The minimum absolute atomic E-state index is 0.324. The van der Waals surface area contributed by atoms with E-state index in [0.29, 0.717) is 27.3 Å². The standard InChI is InChI=1S/C17H20N2O4S3/c1-3-25-19(26-4-2)16(24)11-12-7-5-6-8-13(12)17(22)23-18-14(20)9-10-15(18)21/h5-10,20-21H,3-4,11H2,1-2H3. The Morgan fingerprint density at radius 1 is 1.12 bits per heavy atom. The largest absolute Gasteiger partial charge is 0.492 e. The molecule has 0 atom stereocenters. The summed E-state index contributed by atoms with van der Waals surface area (Å²) in [5.74, 6) is 0.358. The van der Waals surface area contributed by atoms with Gasteiger partial charge in [-0.1, -0.05) is 44.3 Å². The average molecular weight is 413 g/mol. The van der Waals surface area contributed by atoms with E-state index in [4.69, 9.17) is 17.1 Å². The van der Waals surface area contributed by atoms with Crippen LogP contribution < -0.4 is 4.84 Å². The molecule has 1 aromatic carbocycles. The molecule has 9 heteroatoms. The third-order valence-electron chi connectivity index (χ3n) is 3.25. The average Bonchev–Trinajstić information content (AvgIpc) is 2.94. The van der Waals surface area contributed by atoms with Gasteiger partial charge in [0.1, 0.15) is 4.99 Å². The summed E-state index contributed by atoms with van der Waals surface area (Å²) in [6.07, 6.45) is 0.407. The van der Waals surface area contributed by atoms with Gasteiger partial charge in [0.25, 0.3) is 0 Å². The van der Waals surface area contributed by atoms with Gasteiger partial charge in [0.15, 0.2) is 0 Å². The number of benzene rings is 1. The highest BCUT2D eigenvalue weighted by Crippen LogP contribution is 2.25. The Morgan fingerprint density at radius 2 is 1.69 bits per heavy atom. The van der Waals surface area contributed by atoms with Crippen molar-refractivity contribution in [1.82, 2.24) is 8.44 Å². The highest BCUT2D eigenvalue weighted by Gasteiger charge is 2.19. The fraction of sp³-hybridized carbons (Fsp3) is 0.294. The van der Waals surface area contributed by atoms with Crippen molar-refractivity contribution in [2.24, 2.45) is 0 Å². The Morgan fingerprint density at radius 3 is 2.27 bits per heavy atom. The Bertz CT molecular complexity index is 754. The summed E-state index contributed by atoms with van der Waals surface area (Å²) >= 11 is 8.78. The number of carbonyl (C=O) groups is 1. The molecule has 0 spiro atoms. The molecule has 0 saturated heterocycles. The number of hydrogen-bond donors (Lipinski definition) is 2. The first-order valence-electron chi connectivity index (χ1n) is 7.96. The Hall–Kier alpha value is -1.84. The van der Waals surface area contributed by atoms with Gasteiger partial charge in [-0.05, 0) is 35.5 Å². The van der Waals surface area contributed by atoms with Crippen molar-refractivity contribution in [2.75, 3.05) is 11.5 Å². The Labute approximate surface area is 166 Å². The minimum atomic E-state index is -0.692. The molecule has 2 rings (SSSR count). The zero-order chi connectivity index (χ0) is 19.1. The highest BCUT2D eigenvalue weighted by atomic mass is 32.2. The zero-order valence-corrected chi connectivity index (χ0v) is 16.9. The van der Waals surface area contributed by atoms with E-state index >= 15 is 0 Å². The SMILES string of the molecule is CCSN(SCC)C(=S)Cc1ccccc1C(=O)On1c(O)ccc1O. The number of hydrogen-bond acceptors (Lipinski definition) is 7. The molecule has 1 aromatic heterocycles. The van der Waals surface area contributed by atoms with Crippen LogP contribution in [0.25, 0.3) is 0 Å². The van der Waals surface area contributed by atoms with Gasteiger partial charge in [-0.15, -0.1) is 4.73 Å². The molecule has 0 aliphatic carbocycles. The monoisotopic (exact) mass is 412 g/mol. The molecule has 0 bridgehead atoms. The number of thiocarbonyl (C=S) groups is 1. The molecule has 0 aliphatic heterocycles. The van der Waals surface area contributed by atoms with E-state index in [1.165, 1.54) is 12.1 Å². The molecule has 0 fully saturated rings. The molecule has 1 heterocycles. The van der Waals surface area contributed by atoms with E-state index in [-0.39, 0.29) is 11.8 Å². The summed E-state index contributed by atoms with van der Waals surface area (Å²) in [5.41, 5.74) is 1.04. The van der Waals surface area contributed by atoms with Crippen LogP contribution in [0.5, 0.6) is 11.8 Å². The first kappa shape index (κ1) is 20.5. The molecule has 0 radical (unpaired) electrons. The predicted octanol–water partition coefficient (Wildman–Crippen LogP) is 3.68. The summed E-state index contributed by atoms with van der Waals surface area (Å²) in [4.78, 5) is 18.3. The van der Waals surface area contributed by atoms with Crippen LogP contribution in [0.15, 0.2) is 36.4 Å². The fourth-order valence-corrected chi connectivity index (χ4v) is 4.43. The maximum atomic E-state index is 12.5. The second-order valence-electron chi connectivity index (χ2n) is 5.04. The third-order valence-corrected chi connectivity index (χ3v) is 5.86. The van der Waals surface area contributed by atoms with Gasteiger partial charge in [0, 0.05) is 30.1 Å². The molecule has 6 nitrogen and oxygen atoms in total. The number of rotatable bonds is 8. The van der Waals surface area contributed by atoms with E-state index in [9.17, 15) is 15.0 Å². The highest BCUT2D eigenvalue weighted by molar-refractivity contribution is 8.13. The van der Waals surface area contributed by atoms with Gasteiger partial charge >= 0.3 is 5.97 Å². The number of aromatic nitrogens is 1. The molecule has 2 N–H and O–H groups in total. The minimum Gasteiger partial charge on any atom is -0.492 e. The van der Waals surface area contributed by atoms with Crippen LogP contribution in [0, 0.1) is 0 Å². The predicted molar refractivity (Wildman–Crippen MR) is 110 cm³/mol. The van der Waals surface area contributed by atoms with Crippen LogP contribution in [0.1, 0.15) is 29.8 Å². The molecule has 0 unspecified atom stereocenters. The van der Waals surface area contributed by atoms with E-state index in [1.54, 1.807) is 36.0 Å². The molecule has 140 valence electrons. The molecule has 26 heavy (non-hydrogen) atoms. The Balaban J connectivity index is 2.19. The van der Waals surface area contributed by atoms with Crippen molar-refractivity contribution >= 4 is 47.1 Å². The summed E-state index contributed by atoms with van der Waals surface area (Å²) in [7, 11) is 0. The van der Waals surface area contributed by atoms with E-state index in [1.807, 2.05) is 15.8 Å². The van der Waals surface area contributed by atoms with Crippen molar-refractivity contribution in [2.45, 2.75) is 20.3 Å². The maximum Gasteiger partial charge on any atom is 0.364 e. The first-order valence-corrected chi connectivity index (χ1v) is 10.3. The molecular formula is C17H20N2O4S3. The summed E-state index contributed by atoms with van der Waals surface area (Å²) < 4.78 is 2.66. The first-order chi connectivity index (χ1) is 12.5. The molecule has 0 saturated carbocycles. The van der Waals surface area contributed by atoms with E-state index in [2.05, 4.69) is 13.8 Å². The second-order valence-corrected chi connectivity index (χ2v) is 8.15. The van der Waals surface area contributed by atoms with Crippen LogP contribution in [0.2, 0.25) is 0 Å². The lowest BCUT2D eigenvalue weighted by Crippen LogP contribution is -2.23. The Kier molecular flexibility index (Phi) is 7.67. The third kappa shape index (κ3) is 5.09. The quantitative estimate of drug-likeness (QED) is 0.502. The van der Waals surface area contributed by atoms with Crippen molar-refractivity contribution < 1.29 is 19.8 Å². The smallest absolute Gasteiger partial charge is 0.364 e. The molecular weight excluding hydrogens is 392 g/mol. The van der Waals surface area contributed by atoms with Crippen LogP contribution in [0.3, 0.4) is 0 Å². The van der Waals surface area contributed by atoms with Gasteiger partial charge in [0.05, 0.1) is 5.56 Å².